The molecule has 19 heavy (non-hydrogen) atoms. The highest BCUT2D eigenvalue weighted by Gasteiger charge is 2.38. The van der Waals surface area contributed by atoms with Crippen molar-refractivity contribution in [3.8, 4) is 0 Å². The minimum atomic E-state index is -0.0206. The van der Waals surface area contributed by atoms with Crippen molar-refractivity contribution in [2.45, 2.75) is 37.5 Å². The van der Waals surface area contributed by atoms with E-state index in [2.05, 4.69) is 40.3 Å². The first-order valence-corrected chi connectivity index (χ1v) is 6.95. The van der Waals surface area contributed by atoms with E-state index in [1.54, 1.807) is 12.4 Å². The van der Waals surface area contributed by atoms with Gasteiger partial charge in [-0.15, -0.1) is 0 Å². The van der Waals surface area contributed by atoms with Crippen LogP contribution >= 0.6 is 0 Å². The predicted molar refractivity (Wildman–Crippen MR) is 76.8 cm³/mol. The van der Waals surface area contributed by atoms with E-state index in [-0.39, 0.29) is 5.41 Å². The first-order valence-electron chi connectivity index (χ1n) is 6.95. The number of rotatable bonds is 2. The summed E-state index contributed by atoms with van der Waals surface area (Å²) in [5.74, 6) is 0.924. The van der Waals surface area contributed by atoms with Crippen molar-refractivity contribution >= 4 is 5.69 Å². The molecule has 0 aliphatic heterocycles. The topological polar surface area (TPSA) is 51.8 Å². The van der Waals surface area contributed by atoms with Crippen LogP contribution in [0.3, 0.4) is 0 Å². The summed E-state index contributed by atoms with van der Waals surface area (Å²) < 4.78 is 0. The molecule has 0 atom stereocenters. The van der Waals surface area contributed by atoms with Crippen LogP contribution in [-0.4, -0.2) is 9.97 Å². The molecule has 0 amide bonds. The molecule has 1 saturated carbocycles. The van der Waals surface area contributed by atoms with Crippen molar-refractivity contribution in [2.24, 2.45) is 0 Å². The van der Waals surface area contributed by atoms with Gasteiger partial charge in [0.2, 0.25) is 0 Å². The second kappa shape index (κ2) is 5.00. The average Bonchev–Trinajstić information content (AvgIpc) is 2.49. The molecule has 1 aliphatic carbocycles. The maximum Gasteiger partial charge on any atom is 0.138 e. The molecule has 1 aromatic heterocycles. The van der Waals surface area contributed by atoms with Crippen LogP contribution in [0.5, 0.6) is 0 Å². The van der Waals surface area contributed by atoms with Crippen molar-refractivity contribution in [2.75, 3.05) is 5.73 Å². The molecule has 0 radical (unpaired) electrons. The largest absolute Gasteiger partial charge is 0.396 e. The van der Waals surface area contributed by atoms with E-state index in [4.69, 9.17) is 5.73 Å². The summed E-state index contributed by atoms with van der Waals surface area (Å²) in [5.41, 5.74) is 7.65. The van der Waals surface area contributed by atoms with Gasteiger partial charge in [-0.2, -0.15) is 0 Å². The lowest BCUT2D eigenvalue weighted by Gasteiger charge is -2.36. The molecule has 1 fully saturated rings. The average molecular weight is 253 g/mol. The summed E-state index contributed by atoms with van der Waals surface area (Å²) in [6, 6.07) is 10.7. The Morgan fingerprint density at radius 3 is 2.16 bits per heavy atom. The summed E-state index contributed by atoms with van der Waals surface area (Å²) in [7, 11) is 0. The number of nitrogens with zero attached hydrogens (tertiary/aromatic N) is 2. The smallest absolute Gasteiger partial charge is 0.138 e. The normalized spacial score (nSPS) is 18.1. The molecule has 3 rings (SSSR count). The first-order chi connectivity index (χ1) is 9.31. The highest BCUT2D eigenvalue weighted by molar-refractivity contribution is 5.36. The Bertz CT molecular complexity index is 528. The van der Waals surface area contributed by atoms with E-state index in [1.807, 2.05) is 0 Å². The monoisotopic (exact) mass is 253 g/mol. The van der Waals surface area contributed by atoms with E-state index < -0.39 is 0 Å². The quantitative estimate of drug-likeness (QED) is 0.893. The van der Waals surface area contributed by atoms with Gasteiger partial charge < -0.3 is 5.73 Å². The Morgan fingerprint density at radius 1 is 0.895 bits per heavy atom. The molecule has 0 bridgehead atoms. The maximum atomic E-state index is 5.71. The molecule has 1 aliphatic rings. The summed E-state index contributed by atoms with van der Waals surface area (Å²) >= 11 is 0. The summed E-state index contributed by atoms with van der Waals surface area (Å²) in [6.07, 6.45) is 9.49. The van der Waals surface area contributed by atoms with Crippen molar-refractivity contribution in [1.82, 2.24) is 9.97 Å². The number of anilines is 1. The van der Waals surface area contributed by atoms with E-state index in [9.17, 15) is 0 Å². The van der Waals surface area contributed by atoms with Gasteiger partial charge in [0.1, 0.15) is 5.82 Å². The standard InChI is InChI=1S/C16H19N3/c17-14-11-18-15(19-12-14)16(9-5-2-6-10-16)13-7-3-1-4-8-13/h1,3-4,7-8,11-12H,2,5-6,9-10,17H2. The Labute approximate surface area is 113 Å². The third-order valence-electron chi connectivity index (χ3n) is 4.13. The molecule has 0 saturated heterocycles. The van der Waals surface area contributed by atoms with Crippen molar-refractivity contribution in [3.63, 3.8) is 0 Å². The fraction of sp³-hybridized carbons (Fsp3) is 0.375. The van der Waals surface area contributed by atoms with Crippen LogP contribution in [0.2, 0.25) is 0 Å². The molecular formula is C16H19N3. The van der Waals surface area contributed by atoms with Crippen molar-refractivity contribution in [1.29, 1.82) is 0 Å². The fourth-order valence-electron chi connectivity index (χ4n) is 3.14. The molecule has 98 valence electrons. The number of hydrogen-bond acceptors (Lipinski definition) is 3. The Hall–Kier alpha value is -1.90. The number of nitrogen functional groups attached to an aromatic ring is 1. The molecule has 2 aromatic rings. The van der Waals surface area contributed by atoms with Gasteiger partial charge in [-0.05, 0) is 18.4 Å². The summed E-state index contributed by atoms with van der Waals surface area (Å²) in [4.78, 5) is 9.03. The summed E-state index contributed by atoms with van der Waals surface area (Å²) in [5, 5.41) is 0. The van der Waals surface area contributed by atoms with Gasteiger partial charge in [0.05, 0.1) is 23.5 Å². The van der Waals surface area contributed by atoms with Crippen LogP contribution in [0, 0.1) is 0 Å². The zero-order valence-corrected chi connectivity index (χ0v) is 11.0. The van der Waals surface area contributed by atoms with Gasteiger partial charge >= 0.3 is 0 Å². The minimum Gasteiger partial charge on any atom is -0.396 e. The number of hydrogen-bond donors (Lipinski definition) is 1. The molecule has 3 nitrogen and oxygen atoms in total. The van der Waals surface area contributed by atoms with Gasteiger partial charge in [-0.1, -0.05) is 49.6 Å². The van der Waals surface area contributed by atoms with E-state index >= 15 is 0 Å². The molecule has 3 heteroatoms. The number of benzene rings is 1. The lowest BCUT2D eigenvalue weighted by atomic mass is 9.69. The van der Waals surface area contributed by atoms with Gasteiger partial charge in [0.15, 0.2) is 0 Å². The third kappa shape index (κ3) is 2.21. The Kier molecular flexibility index (Phi) is 3.20. The third-order valence-corrected chi connectivity index (χ3v) is 4.13. The van der Waals surface area contributed by atoms with Crippen LogP contribution in [0.15, 0.2) is 42.7 Å². The molecule has 1 heterocycles. The van der Waals surface area contributed by atoms with E-state index in [0.717, 1.165) is 18.7 Å². The van der Waals surface area contributed by atoms with Crippen molar-refractivity contribution < 1.29 is 0 Å². The molecule has 0 spiro atoms. The van der Waals surface area contributed by atoms with E-state index in [1.165, 1.54) is 24.8 Å². The second-order valence-corrected chi connectivity index (χ2v) is 5.35. The van der Waals surface area contributed by atoms with Crippen LogP contribution in [0.4, 0.5) is 5.69 Å². The van der Waals surface area contributed by atoms with Crippen LogP contribution in [0.25, 0.3) is 0 Å². The summed E-state index contributed by atoms with van der Waals surface area (Å²) in [6.45, 7) is 0. The number of nitrogens with two attached hydrogens (primary N) is 1. The van der Waals surface area contributed by atoms with Gasteiger partial charge in [-0.25, -0.2) is 9.97 Å². The van der Waals surface area contributed by atoms with Gasteiger partial charge in [0, 0.05) is 0 Å². The zero-order chi connectivity index (χ0) is 13.1. The van der Waals surface area contributed by atoms with Crippen LogP contribution < -0.4 is 5.73 Å². The second-order valence-electron chi connectivity index (χ2n) is 5.35. The SMILES string of the molecule is Nc1cnc(C2(c3ccccc3)CCCCC2)nc1. The minimum absolute atomic E-state index is 0.0206. The maximum absolute atomic E-state index is 5.71. The fourth-order valence-corrected chi connectivity index (χ4v) is 3.14. The van der Waals surface area contributed by atoms with E-state index in [0.29, 0.717) is 5.69 Å². The van der Waals surface area contributed by atoms with Crippen molar-refractivity contribution in [3.05, 3.63) is 54.1 Å². The Morgan fingerprint density at radius 2 is 1.53 bits per heavy atom. The highest BCUT2D eigenvalue weighted by Crippen LogP contribution is 2.43. The molecular weight excluding hydrogens is 234 g/mol. The van der Waals surface area contributed by atoms with Gasteiger partial charge in [-0.3, -0.25) is 0 Å². The molecule has 1 aromatic carbocycles. The molecule has 2 N–H and O–H groups in total. The van der Waals surface area contributed by atoms with Crippen LogP contribution in [-0.2, 0) is 5.41 Å². The lowest BCUT2D eigenvalue weighted by molar-refractivity contribution is 0.330. The first kappa shape index (κ1) is 12.2. The Balaban J connectivity index is 2.09. The molecule has 0 unspecified atom stereocenters. The predicted octanol–water partition coefficient (Wildman–Crippen LogP) is 3.31. The van der Waals surface area contributed by atoms with Gasteiger partial charge in [0.25, 0.3) is 0 Å². The van der Waals surface area contributed by atoms with Crippen LogP contribution in [0.1, 0.15) is 43.5 Å². The highest BCUT2D eigenvalue weighted by atomic mass is 14.9. The number of aromatic nitrogens is 2. The zero-order valence-electron chi connectivity index (χ0n) is 11.0. The lowest BCUT2D eigenvalue weighted by Crippen LogP contribution is -2.32.